The minimum absolute atomic E-state index is 0.0809. The lowest BCUT2D eigenvalue weighted by Gasteiger charge is -2.34. The van der Waals surface area contributed by atoms with Crippen LogP contribution in [0.4, 0.5) is 5.69 Å². The standard InChI is InChI=1S/C31H35N5O3/c1-6-22-12-14-24(15-13-22)29(30(39)32-31(4,5)7-2)36(25-18-16-23(17-19-25)21(3)37)28(38)20-35-27-11-9-8-10-26(27)33-34-35/h8-19,29H,6-7,20H2,1-5H3,(H,32,39)/t29-/m1/s1. The number of hydrogen-bond donors (Lipinski definition) is 1. The molecule has 0 saturated carbocycles. The van der Waals surface area contributed by atoms with Crippen LogP contribution in [0.5, 0.6) is 0 Å². The average Bonchev–Trinajstić information content (AvgIpc) is 3.34. The number of nitrogens with zero attached hydrogens (tertiary/aromatic N) is 4. The first-order valence-corrected chi connectivity index (χ1v) is 13.3. The molecule has 1 heterocycles. The lowest BCUT2D eigenvalue weighted by Crippen LogP contribution is -2.51. The van der Waals surface area contributed by atoms with Crippen LogP contribution in [0.3, 0.4) is 0 Å². The molecule has 0 saturated heterocycles. The SMILES string of the molecule is CCc1ccc([C@H](C(=O)NC(C)(C)CC)N(C(=O)Cn2nnc3ccccc32)c2ccc(C(C)=O)cc2)cc1. The predicted octanol–water partition coefficient (Wildman–Crippen LogP) is 5.28. The Bertz CT molecular complexity index is 1470. The van der Waals surface area contributed by atoms with Crippen LogP contribution in [0.2, 0.25) is 0 Å². The zero-order chi connectivity index (χ0) is 28.2. The first-order valence-electron chi connectivity index (χ1n) is 13.3. The van der Waals surface area contributed by atoms with Crippen molar-refractivity contribution in [2.45, 2.75) is 65.6 Å². The van der Waals surface area contributed by atoms with Gasteiger partial charge in [-0.25, -0.2) is 4.68 Å². The van der Waals surface area contributed by atoms with Crippen molar-refractivity contribution in [2.75, 3.05) is 4.90 Å². The highest BCUT2D eigenvalue weighted by atomic mass is 16.2. The molecule has 8 nitrogen and oxygen atoms in total. The van der Waals surface area contributed by atoms with E-state index in [4.69, 9.17) is 0 Å². The number of nitrogens with one attached hydrogen (secondary N) is 1. The summed E-state index contributed by atoms with van der Waals surface area (Å²) in [5.74, 6) is -0.712. The molecule has 0 spiro atoms. The lowest BCUT2D eigenvalue weighted by molar-refractivity contribution is -0.128. The molecular formula is C31H35N5O3. The Morgan fingerprint density at radius 2 is 1.62 bits per heavy atom. The van der Waals surface area contributed by atoms with Crippen LogP contribution in [0.1, 0.15) is 68.6 Å². The molecule has 0 radical (unpaired) electrons. The summed E-state index contributed by atoms with van der Waals surface area (Å²) in [7, 11) is 0. The van der Waals surface area contributed by atoms with Gasteiger partial charge in [0.2, 0.25) is 11.8 Å². The van der Waals surface area contributed by atoms with E-state index in [0.29, 0.717) is 28.8 Å². The van der Waals surface area contributed by atoms with Gasteiger partial charge in [0.1, 0.15) is 18.1 Å². The summed E-state index contributed by atoms with van der Waals surface area (Å²) in [5.41, 5.74) is 3.76. The molecule has 0 bridgehead atoms. The van der Waals surface area contributed by atoms with E-state index in [2.05, 4.69) is 22.6 Å². The Balaban J connectivity index is 1.83. The van der Waals surface area contributed by atoms with Crippen molar-refractivity contribution in [2.24, 2.45) is 0 Å². The fourth-order valence-corrected chi connectivity index (χ4v) is 4.38. The van der Waals surface area contributed by atoms with E-state index in [1.165, 1.54) is 11.8 Å². The molecule has 1 N–H and O–H groups in total. The van der Waals surface area contributed by atoms with Crippen LogP contribution in [-0.4, -0.2) is 38.1 Å². The minimum Gasteiger partial charge on any atom is -0.349 e. The van der Waals surface area contributed by atoms with Gasteiger partial charge >= 0.3 is 0 Å². The number of aromatic nitrogens is 3. The van der Waals surface area contributed by atoms with Crippen molar-refractivity contribution in [1.29, 1.82) is 0 Å². The van der Waals surface area contributed by atoms with Gasteiger partial charge in [0, 0.05) is 16.8 Å². The summed E-state index contributed by atoms with van der Waals surface area (Å²) in [5, 5.41) is 11.5. The van der Waals surface area contributed by atoms with Crippen LogP contribution in [-0.2, 0) is 22.6 Å². The van der Waals surface area contributed by atoms with Crippen molar-refractivity contribution in [3.05, 3.63) is 89.5 Å². The number of benzene rings is 3. The zero-order valence-corrected chi connectivity index (χ0v) is 23.1. The number of carbonyl (C=O) groups excluding carboxylic acids is 3. The monoisotopic (exact) mass is 525 g/mol. The fraction of sp³-hybridized carbons (Fsp3) is 0.323. The lowest BCUT2D eigenvalue weighted by atomic mass is 9.97. The summed E-state index contributed by atoms with van der Waals surface area (Å²) in [4.78, 5) is 41.6. The molecule has 1 atom stereocenters. The van der Waals surface area contributed by atoms with Gasteiger partial charge in [-0.15, -0.1) is 5.10 Å². The number of fused-ring (bicyclic) bond motifs is 1. The van der Waals surface area contributed by atoms with Crippen LogP contribution < -0.4 is 10.2 Å². The average molecular weight is 526 g/mol. The Labute approximate surface area is 229 Å². The maximum absolute atomic E-state index is 14.1. The third-order valence-corrected chi connectivity index (χ3v) is 7.08. The van der Waals surface area contributed by atoms with Gasteiger partial charge in [0.25, 0.3) is 0 Å². The number of hydrogen-bond acceptors (Lipinski definition) is 5. The highest BCUT2D eigenvalue weighted by Gasteiger charge is 2.35. The van der Waals surface area contributed by atoms with Gasteiger partial charge in [-0.3, -0.25) is 19.3 Å². The minimum atomic E-state index is -0.952. The Morgan fingerprint density at radius 3 is 2.23 bits per heavy atom. The van der Waals surface area contributed by atoms with E-state index in [9.17, 15) is 14.4 Å². The molecule has 0 aliphatic heterocycles. The van der Waals surface area contributed by atoms with E-state index in [1.54, 1.807) is 28.9 Å². The number of para-hydroxylation sites is 1. The summed E-state index contributed by atoms with van der Waals surface area (Å²) >= 11 is 0. The zero-order valence-electron chi connectivity index (χ0n) is 23.1. The first-order chi connectivity index (χ1) is 18.6. The van der Waals surface area contributed by atoms with Gasteiger partial charge in [0.15, 0.2) is 5.78 Å². The molecule has 4 aromatic rings. The number of ketones is 1. The molecule has 3 aromatic carbocycles. The second-order valence-electron chi connectivity index (χ2n) is 10.3. The molecule has 0 aliphatic rings. The third-order valence-electron chi connectivity index (χ3n) is 7.08. The van der Waals surface area contributed by atoms with Gasteiger partial charge < -0.3 is 5.32 Å². The number of rotatable bonds is 10. The molecule has 8 heteroatoms. The van der Waals surface area contributed by atoms with Gasteiger partial charge in [-0.2, -0.15) is 0 Å². The second-order valence-corrected chi connectivity index (χ2v) is 10.3. The van der Waals surface area contributed by atoms with Crippen LogP contribution in [0.15, 0.2) is 72.8 Å². The van der Waals surface area contributed by atoms with Gasteiger partial charge in [0.05, 0.1) is 5.52 Å². The van der Waals surface area contributed by atoms with E-state index >= 15 is 0 Å². The van der Waals surface area contributed by atoms with Gasteiger partial charge in [-0.1, -0.05) is 55.5 Å². The predicted molar refractivity (Wildman–Crippen MR) is 153 cm³/mol. The molecule has 0 unspecified atom stereocenters. The van der Waals surface area contributed by atoms with Crippen molar-refractivity contribution < 1.29 is 14.4 Å². The fourth-order valence-electron chi connectivity index (χ4n) is 4.38. The quantitative estimate of drug-likeness (QED) is 0.284. The smallest absolute Gasteiger partial charge is 0.249 e. The maximum Gasteiger partial charge on any atom is 0.249 e. The Kier molecular flexibility index (Phi) is 8.24. The number of amides is 2. The van der Waals surface area contributed by atoms with Crippen molar-refractivity contribution in [3.63, 3.8) is 0 Å². The van der Waals surface area contributed by atoms with Crippen molar-refractivity contribution in [1.82, 2.24) is 20.3 Å². The number of anilines is 1. The highest BCUT2D eigenvalue weighted by Crippen LogP contribution is 2.30. The van der Waals surface area contributed by atoms with E-state index < -0.39 is 11.6 Å². The molecule has 202 valence electrons. The molecule has 4 rings (SSSR count). The summed E-state index contributed by atoms with van der Waals surface area (Å²) < 4.78 is 1.54. The number of aryl methyl sites for hydroxylation is 1. The van der Waals surface area contributed by atoms with Crippen molar-refractivity contribution >= 4 is 34.3 Å². The first kappa shape index (κ1) is 27.7. The topological polar surface area (TPSA) is 97.2 Å². The van der Waals surface area contributed by atoms with Gasteiger partial charge in [-0.05, 0) is 81.1 Å². The molecule has 1 aromatic heterocycles. The third kappa shape index (κ3) is 6.22. The van der Waals surface area contributed by atoms with E-state index in [0.717, 1.165) is 17.5 Å². The largest absolute Gasteiger partial charge is 0.349 e. The van der Waals surface area contributed by atoms with Crippen LogP contribution in [0, 0.1) is 0 Å². The number of carbonyl (C=O) groups is 3. The molecular weight excluding hydrogens is 490 g/mol. The summed E-state index contributed by atoms with van der Waals surface area (Å²) in [6.07, 6.45) is 1.57. The molecule has 2 amide bonds. The second kappa shape index (κ2) is 11.6. The van der Waals surface area contributed by atoms with Crippen LogP contribution >= 0.6 is 0 Å². The summed E-state index contributed by atoms with van der Waals surface area (Å²) in [6.45, 7) is 9.35. The molecule has 0 fully saturated rings. The molecule has 0 aliphatic carbocycles. The highest BCUT2D eigenvalue weighted by molar-refractivity contribution is 6.02. The Morgan fingerprint density at radius 1 is 0.949 bits per heavy atom. The van der Waals surface area contributed by atoms with E-state index in [1.807, 2.05) is 69.3 Å². The summed E-state index contributed by atoms with van der Waals surface area (Å²) in [6, 6.07) is 21.0. The maximum atomic E-state index is 14.1. The van der Waals surface area contributed by atoms with E-state index in [-0.39, 0.29) is 24.1 Å². The Hall–Kier alpha value is -4.33. The number of Topliss-reactive ketones (excluding diaryl/α,β-unsaturated/α-hetero) is 1. The normalized spacial score (nSPS) is 12.2. The van der Waals surface area contributed by atoms with Crippen molar-refractivity contribution in [3.8, 4) is 0 Å². The van der Waals surface area contributed by atoms with Crippen LogP contribution in [0.25, 0.3) is 11.0 Å². The molecule has 39 heavy (non-hydrogen) atoms.